The van der Waals surface area contributed by atoms with Crippen molar-refractivity contribution in [1.29, 1.82) is 0 Å². The van der Waals surface area contributed by atoms with Gasteiger partial charge in [0.15, 0.2) is 0 Å². The standard InChI is InChI=1S/C14H18N2O/c1-12-9-14(11-15-10-12)17-8-3-2-5-13-6-4-7-16-13/h4,7,9-11H,2-3,5-6,8H2,1H3. The molecule has 1 aromatic heterocycles. The SMILES string of the molecule is Cc1cncc(OCCCCC2=NC=CC2)c1. The Morgan fingerprint density at radius 1 is 1.29 bits per heavy atom. The first-order valence-corrected chi connectivity index (χ1v) is 6.09. The molecule has 0 spiro atoms. The number of ether oxygens (including phenoxy) is 1. The van der Waals surface area contributed by atoms with Crippen molar-refractivity contribution in [1.82, 2.24) is 4.98 Å². The van der Waals surface area contributed by atoms with Crippen molar-refractivity contribution >= 4 is 5.71 Å². The summed E-state index contributed by atoms with van der Waals surface area (Å²) >= 11 is 0. The summed E-state index contributed by atoms with van der Waals surface area (Å²) in [6, 6.07) is 2.01. The van der Waals surface area contributed by atoms with Gasteiger partial charge in [-0.1, -0.05) is 6.08 Å². The van der Waals surface area contributed by atoms with Crippen LogP contribution in [0.4, 0.5) is 0 Å². The number of allylic oxidation sites excluding steroid dienone is 1. The van der Waals surface area contributed by atoms with E-state index >= 15 is 0 Å². The Hall–Kier alpha value is -1.64. The lowest BCUT2D eigenvalue weighted by molar-refractivity contribution is 0.306. The highest BCUT2D eigenvalue weighted by molar-refractivity contribution is 5.87. The Morgan fingerprint density at radius 3 is 3.00 bits per heavy atom. The molecule has 0 radical (unpaired) electrons. The van der Waals surface area contributed by atoms with E-state index in [1.807, 2.05) is 25.4 Å². The lowest BCUT2D eigenvalue weighted by atomic mass is 10.1. The van der Waals surface area contributed by atoms with Crippen molar-refractivity contribution in [3.63, 3.8) is 0 Å². The third kappa shape index (κ3) is 4.02. The summed E-state index contributed by atoms with van der Waals surface area (Å²) in [7, 11) is 0. The summed E-state index contributed by atoms with van der Waals surface area (Å²) in [5, 5.41) is 0. The summed E-state index contributed by atoms with van der Waals surface area (Å²) in [6.07, 6.45) is 11.9. The summed E-state index contributed by atoms with van der Waals surface area (Å²) in [5.41, 5.74) is 2.43. The normalized spacial score (nSPS) is 13.8. The van der Waals surface area contributed by atoms with E-state index in [9.17, 15) is 0 Å². The summed E-state index contributed by atoms with van der Waals surface area (Å²) < 4.78 is 5.63. The molecule has 2 rings (SSSR count). The monoisotopic (exact) mass is 230 g/mol. The molecule has 1 aromatic rings. The van der Waals surface area contributed by atoms with Crippen LogP contribution in [-0.4, -0.2) is 17.3 Å². The van der Waals surface area contributed by atoms with Gasteiger partial charge < -0.3 is 4.74 Å². The highest BCUT2D eigenvalue weighted by Gasteiger charge is 2.01. The van der Waals surface area contributed by atoms with Gasteiger partial charge in [-0.15, -0.1) is 0 Å². The Bertz CT molecular complexity index is 424. The smallest absolute Gasteiger partial charge is 0.137 e. The number of hydrogen-bond donors (Lipinski definition) is 0. The van der Waals surface area contributed by atoms with Gasteiger partial charge >= 0.3 is 0 Å². The van der Waals surface area contributed by atoms with Gasteiger partial charge in [-0.25, -0.2) is 0 Å². The van der Waals surface area contributed by atoms with E-state index in [4.69, 9.17) is 4.74 Å². The molecule has 1 aliphatic heterocycles. The number of pyridine rings is 1. The molecular formula is C14H18N2O. The number of hydrogen-bond acceptors (Lipinski definition) is 3. The van der Waals surface area contributed by atoms with Crippen LogP contribution in [0, 0.1) is 6.92 Å². The summed E-state index contributed by atoms with van der Waals surface area (Å²) in [5.74, 6) is 0.866. The van der Waals surface area contributed by atoms with Crippen LogP contribution in [0.15, 0.2) is 35.7 Å². The van der Waals surface area contributed by atoms with Gasteiger partial charge in [-0.2, -0.15) is 0 Å². The van der Waals surface area contributed by atoms with E-state index in [2.05, 4.69) is 16.1 Å². The molecule has 17 heavy (non-hydrogen) atoms. The van der Waals surface area contributed by atoms with Gasteiger partial charge in [0.25, 0.3) is 0 Å². The number of aromatic nitrogens is 1. The second kappa shape index (κ2) is 6.18. The van der Waals surface area contributed by atoms with Gasteiger partial charge in [0.2, 0.25) is 0 Å². The molecular weight excluding hydrogens is 212 g/mol. The fourth-order valence-corrected chi connectivity index (χ4v) is 1.79. The maximum absolute atomic E-state index is 5.63. The van der Waals surface area contributed by atoms with E-state index in [1.54, 1.807) is 6.20 Å². The van der Waals surface area contributed by atoms with Crippen LogP contribution in [0.25, 0.3) is 0 Å². The molecule has 0 saturated carbocycles. The van der Waals surface area contributed by atoms with Crippen LogP contribution in [0.2, 0.25) is 0 Å². The third-order valence-corrected chi connectivity index (χ3v) is 2.69. The molecule has 0 aliphatic carbocycles. The largest absolute Gasteiger partial charge is 0.492 e. The lowest BCUT2D eigenvalue weighted by Crippen LogP contribution is -2.00. The predicted molar refractivity (Wildman–Crippen MR) is 69.5 cm³/mol. The van der Waals surface area contributed by atoms with Gasteiger partial charge in [-0.05, 0) is 37.8 Å². The van der Waals surface area contributed by atoms with E-state index in [1.165, 1.54) is 5.71 Å². The minimum atomic E-state index is 0.756. The number of nitrogens with zero attached hydrogens (tertiary/aromatic N) is 2. The minimum absolute atomic E-state index is 0.756. The summed E-state index contributed by atoms with van der Waals surface area (Å²) in [4.78, 5) is 8.38. The minimum Gasteiger partial charge on any atom is -0.492 e. The zero-order chi connectivity index (χ0) is 11.9. The first-order chi connectivity index (χ1) is 8.34. The van der Waals surface area contributed by atoms with Crippen molar-refractivity contribution in [3.05, 3.63) is 36.3 Å². The molecule has 0 N–H and O–H groups in total. The fourth-order valence-electron chi connectivity index (χ4n) is 1.79. The maximum Gasteiger partial charge on any atom is 0.137 e. The molecule has 3 nitrogen and oxygen atoms in total. The molecule has 3 heteroatoms. The lowest BCUT2D eigenvalue weighted by Gasteiger charge is -2.06. The highest BCUT2D eigenvalue weighted by atomic mass is 16.5. The zero-order valence-electron chi connectivity index (χ0n) is 10.2. The number of unbranched alkanes of at least 4 members (excludes halogenated alkanes) is 1. The van der Waals surface area contributed by atoms with E-state index in [0.29, 0.717) is 0 Å². The molecule has 2 heterocycles. The van der Waals surface area contributed by atoms with Crippen LogP contribution in [-0.2, 0) is 0 Å². The topological polar surface area (TPSA) is 34.5 Å². The van der Waals surface area contributed by atoms with Crippen molar-refractivity contribution in [3.8, 4) is 5.75 Å². The molecule has 90 valence electrons. The Labute approximate surface area is 102 Å². The van der Waals surface area contributed by atoms with Gasteiger partial charge in [0.05, 0.1) is 12.8 Å². The average molecular weight is 230 g/mol. The molecule has 0 fully saturated rings. The van der Waals surface area contributed by atoms with Gasteiger partial charge in [0, 0.05) is 24.5 Å². The predicted octanol–water partition coefficient (Wildman–Crippen LogP) is 3.30. The fraction of sp³-hybridized carbons (Fsp3) is 0.429. The van der Waals surface area contributed by atoms with E-state index in [0.717, 1.165) is 43.6 Å². The Morgan fingerprint density at radius 2 is 2.24 bits per heavy atom. The number of aryl methyl sites for hydroxylation is 1. The Kier molecular flexibility index (Phi) is 4.30. The molecule has 1 aliphatic rings. The molecule has 0 amide bonds. The van der Waals surface area contributed by atoms with Gasteiger partial charge in [0.1, 0.15) is 5.75 Å². The molecule has 0 atom stereocenters. The van der Waals surface area contributed by atoms with E-state index in [-0.39, 0.29) is 0 Å². The summed E-state index contributed by atoms with van der Waals surface area (Å²) in [6.45, 7) is 2.77. The van der Waals surface area contributed by atoms with Crippen LogP contribution >= 0.6 is 0 Å². The number of aliphatic imine (C=N–C) groups is 1. The van der Waals surface area contributed by atoms with Crippen LogP contribution in [0.3, 0.4) is 0 Å². The molecule has 0 bridgehead atoms. The van der Waals surface area contributed by atoms with Crippen molar-refractivity contribution in [2.45, 2.75) is 32.6 Å². The maximum atomic E-state index is 5.63. The van der Waals surface area contributed by atoms with Crippen LogP contribution in [0.1, 0.15) is 31.2 Å². The molecule has 0 unspecified atom stereocenters. The second-order valence-corrected chi connectivity index (χ2v) is 4.29. The third-order valence-electron chi connectivity index (χ3n) is 2.69. The van der Waals surface area contributed by atoms with Crippen molar-refractivity contribution in [2.75, 3.05) is 6.61 Å². The molecule has 0 aromatic carbocycles. The first-order valence-electron chi connectivity index (χ1n) is 6.09. The van der Waals surface area contributed by atoms with Crippen LogP contribution < -0.4 is 4.74 Å². The van der Waals surface area contributed by atoms with Crippen LogP contribution in [0.5, 0.6) is 5.75 Å². The number of rotatable bonds is 6. The van der Waals surface area contributed by atoms with E-state index < -0.39 is 0 Å². The van der Waals surface area contributed by atoms with Gasteiger partial charge in [-0.3, -0.25) is 9.98 Å². The second-order valence-electron chi connectivity index (χ2n) is 4.29. The highest BCUT2D eigenvalue weighted by Crippen LogP contribution is 2.12. The first kappa shape index (κ1) is 11.8. The Balaban J connectivity index is 1.60. The molecule has 0 saturated heterocycles. The average Bonchev–Trinajstić information content (AvgIpc) is 2.82. The zero-order valence-corrected chi connectivity index (χ0v) is 10.2. The van der Waals surface area contributed by atoms with Crippen molar-refractivity contribution < 1.29 is 4.74 Å². The van der Waals surface area contributed by atoms with Crippen molar-refractivity contribution in [2.24, 2.45) is 4.99 Å². The quantitative estimate of drug-likeness (QED) is 0.703.